The van der Waals surface area contributed by atoms with E-state index < -0.39 is 11.9 Å². The molecule has 0 aliphatic rings. The molecule has 2 aromatic carbocycles. The minimum Gasteiger partial charge on any atom is -0.468 e. The first kappa shape index (κ1) is 24.7. The number of nitrogens with one attached hydrogen (secondary N) is 2. The Morgan fingerprint density at radius 2 is 1.74 bits per heavy atom. The Kier molecular flexibility index (Phi) is 7.83. The molecule has 2 amide bonds. The van der Waals surface area contributed by atoms with Crippen LogP contribution in [0, 0.1) is 19.8 Å². The largest absolute Gasteiger partial charge is 0.468 e. The van der Waals surface area contributed by atoms with Crippen LogP contribution in [0.5, 0.6) is 0 Å². The maximum absolute atomic E-state index is 12.8. The predicted molar refractivity (Wildman–Crippen MR) is 132 cm³/mol. The van der Waals surface area contributed by atoms with Crippen molar-refractivity contribution < 1.29 is 19.1 Å². The van der Waals surface area contributed by atoms with Gasteiger partial charge in [-0.2, -0.15) is 5.10 Å². The van der Waals surface area contributed by atoms with Crippen molar-refractivity contribution in [1.29, 1.82) is 0 Å². The normalized spacial score (nSPS) is 12.2. The quantitative estimate of drug-likeness (QED) is 0.305. The van der Waals surface area contributed by atoms with E-state index in [1.54, 1.807) is 18.3 Å². The number of carbonyl (C=O) groups excluding carboxylic acids is 3. The van der Waals surface area contributed by atoms with Crippen LogP contribution in [0.3, 0.4) is 0 Å². The minimum atomic E-state index is -0.757. The highest BCUT2D eigenvalue weighted by Crippen LogP contribution is 2.24. The van der Waals surface area contributed by atoms with Crippen LogP contribution in [0.15, 0.2) is 53.6 Å². The smallest absolute Gasteiger partial charge is 0.325 e. The lowest BCUT2D eigenvalue weighted by molar-refractivity contribution is -0.141. The van der Waals surface area contributed by atoms with Gasteiger partial charge in [-0.05, 0) is 38.0 Å². The number of para-hydroxylation sites is 1. The second kappa shape index (κ2) is 10.8. The van der Waals surface area contributed by atoms with E-state index in [9.17, 15) is 14.4 Å². The average molecular weight is 463 g/mol. The highest BCUT2D eigenvalue weighted by atomic mass is 16.5. The van der Waals surface area contributed by atoms with E-state index in [-0.39, 0.29) is 24.3 Å². The van der Waals surface area contributed by atoms with E-state index in [0.717, 1.165) is 27.7 Å². The molecule has 8 heteroatoms. The number of hydrogen-bond acceptors (Lipinski definition) is 5. The van der Waals surface area contributed by atoms with Crippen molar-refractivity contribution in [3.8, 4) is 0 Å². The summed E-state index contributed by atoms with van der Waals surface area (Å²) in [6.07, 6.45) is 1.56. The van der Waals surface area contributed by atoms with E-state index >= 15 is 0 Å². The van der Waals surface area contributed by atoms with Crippen LogP contribution in [-0.2, 0) is 20.9 Å². The summed E-state index contributed by atoms with van der Waals surface area (Å²) < 4.78 is 6.66. The molecule has 0 spiro atoms. The first-order valence-corrected chi connectivity index (χ1v) is 11.1. The van der Waals surface area contributed by atoms with Gasteiger partial charge >= 0.3 is 5.97 Å². The van der Waals surface area contributed by atoms with Crippen LogP contribution in [0.4, 0.5) is 0 Å². The van der Waals surface area contributed by atoms with Gasteiger partial charge in [-0.15, -0.1) is 0 Å². The number of aromatic nitrogens is 1. The van der Waals surface area contributed by atoms with Crippen LogP contribution in [-0.4, -0.2) is 41.7 Å². The number of aryl methyl sites for hydroxylation is 1. The zero-order valence-corrected chi connectivity index (χ0v) is 20.1. The zero-order valence-electron chi connectivity index (χ0n) is 20.1. The maximum atomic E-state index is 12.8. The van der Waals surface area contributed by atoms with Crippen molar-refractivity contribution >= 4 is 34.9 Å². The molecule has 8 nitrogen and oxygen atoms in total. The fourth-order valence-corrected chi connectivity index (χ4v) is 3.71. The molecule has 3 aromatic rings. The van der Waals surface area contributed by atoms with Crippen molar-refractivity contribution in [3.63, 3.8) is 0 Å². The monoisotopic (exact) mass is 462 g/mol. The number of methoxy groups -OCH3 is 1. The van der Waals surface area contributed by atoms with E-state index in [1.165, 1.54) is 7.11 Å². The molecule has 1 atom stereocenters. The lowest BCUT2D eigenvalue weighted by Gasteiger charge is -2.20. The van der Waals surface area contributed by atoms with Crippen molar-refractivity contribution in [3.05, 3.63) is 70.9 Å². The summed E-state index contributed by atoms with van der Waals surface area (Å²) in [5.41, 5.74) is 6.55. The van der Waals surface area contributed by atoms with Gasteiger partial charge in [0.15, 0.2) is 0 Å². The predicted octanol–water partition coefficient (Wildman–Crippen LogP) is 3.34. The molecule has 178 valence electrons. The minimum absolute atomic E-state index is 0.0729. The van der Waals surface area contributed by atoms with Crippen LogP contribution in [0.2, 0.25) is 0 Å². The van der Waals surface area contributed by atoms with Gasteiger partial charge in [0.1, 0.15) is 12.6 Å². The number of carbonyl (C=O) groups is 3. The zero-order chi connectivity index (χ0) is 24.8. The number of rotatable bonds is 8. The van der Waals surface area contributed by atoms with Crippen LogP contribution >= 0.6 is 0 Å². The molecule has 0 radical (unpaired) electrons. The highest BCUT2D eigenvalue weighted by Gasteiger charge is 2.24. The number of hydrazone groups is 1. The first-order valence-electron chi connectivity index (χ1n) is 11.1. The summed E-state index contributed by atoms with van der Waals surface area (Å²) in [5.74, 6) is -1.24. The van der Waals surface area contributed by atoms with Gasteiger partial charge in [0.25, 0.3) is 11.8 Å². The molecular weight excluding hydrogens is 432 g/mol. The fraction of sp³-hybridized carbons (Fsp3) is 0.308. The lowest BCUT2D eigenvalue weighted by atomic mass is 10.0. The molecule has 1 unspecified atom stereocenters. The van der Waals surface area contributed by atoms with Crippen molar-refractivity contribution in [2.24, 2.45) is 11.0 Å². The van der Waals surface area contributed by atoms with E-state index in [4.69, 9.17) is 4.74 Å². The highest BCUT2D eigenvalue weighted by molar-refractivity contribution is 6.02. The van der Waals surface area contributed by atoms with Crippen molar-refractivity contribution in [2.75, 3.05) is 7.11 Å². The number of nitrogens with zero attached hydrogens (tertiary/aromatic N) is 2. The van der Waals surface area contributed by atoms with Gasteiger partial charge in [-0.3, -0.25) is 14.4 Å². The Morgan fingerprint density at radius 3 is 2.38 bits per heavy atom. The number of hydrogen-bond donors (Lipinski definition) is 2. The van der Waals surface area contributed by atoms with Gasteiger partial charge in [0, 0.05) is 27.7 Å². The van der Waals surface area contributed by atoms with Crippen LogP contribution < -0.4 is 10.7 Å². The summed E-state index contributed by atoms with van der Waals surface area (Å²) in [6, 6.07) is 14.0. The second-order valence-electron chi connectivity index (χ2n) is 8.47. The molecule has 34 heavy (non-hydrogen) atoms. The summed E-state index contributed by atoms with van der Waals surface area (Å²) >= 11 is 0. The van der Waals surface area contributed by atoms with Crippen LogP contribution in [0.25, 0.3) is 10.9 Å². The lowest BCUT2D eigenvalue weighted by Crippen LogP contribution is -2.48. The Balaban J connectivity index is 1.77. The standard InChI is InChI=1S/C26H30N4O4/c1-16(2)24(28-25(32)19-12-10-17(3)11-13-19)26(33)29-27-14-21-18(4)30(15-23(31)34-5)22-9-7-6-8-20(21)22/h6-14,16,24H,15H2,1-5H3,(H,28,32)(H,29,33)/b27-14-. The van der Waals surface area contributed by atoms with Crippen LogP contribution in [0.1, 0.15) is 41.0 Å². The topological polar surface area (TPSA) is 102 Å². The van der Waals surface area contributed by atoms with E-state index in [2.05, 4.69) is 15.8 Å². The molecule has 0 aliphatic carbocycles. The Morgan fingerprint density at radius 1 is 1.06 bits per heavy atom. The molecule has 3 rings (SSSR count). The Hall–Kier alpha value is -3.94. The molecule has 0 aliphatic heterocycles. The van der Waals surface area contributed by atoms with Gasteiger partial charge in [0.05, 0.1) is 13.3 Å². The molecule has 2 N–H and O–H groups in total. The molecular formula is C26H30N4O4. The summed E-state index contributed by atoms with van der Waals surface area (Å²) in [7, 11) is 1.35. The SMILES string of the molecule is COC(=O)Cn1c(C)c(/C=N\NC(=O)C(NC(=O)c2ccc(C)cc2)C(C)C)c2ccccc21. The maximum Gasteiger partial charge on any atom is 0.325 e. The number of amides is 2. The number of fused-ring (bicyclic) bond motifs is 1. The number of esters is 1. The van der Waals surface area contributed by atoms with E-state index in [1.807, 2.05) is 68.7 Å². The third-order valence-electron chi connectivity index (χ3n) is 5.71. The summed E-state index contributed by atoms with van der Waals surface area (Å²) in [4.78, 5) is 37.3. The van der Waals surface area contributed by atoms with Crippen molar-refractivity contribution in [1.82, 2.24) is 15.3 Å². The fourth-order valence-electron chi connectivity index (χ4n) is 3.71. The molecule has 0 bridgehead atoms. The van der Waals surface area contributed by atoms with E-state index in [0.29, 0.717) is 5.56 Å². The molecule has 1 aromatic heterocycles. The second-order valence-corrected chi connectivity index (χ2v) is 8.47. The third kappa shape index (κ3) is 5.51. The summed E-state index contributed by atoms with van der Waals surface area (Å²) in [6.45, 7) is 7.61. The number of benzene rings is 2. The Labute approximate surface area is 199 Å². The van der Waals surface area contributed by atoms with Gasteiger partial charge < -0.3 is 14.6 Å². The molecule has 0 fully saturated rings. The van der Waals surface area contributed by atoms with Gasteiger partial charge in [-0.25, -0.2) is 5.43 Å². The van der Waals surface area contributed by atoms with Gasteiger partial charge in [-0.1, -0.05) is 49.7 Å². The molecule has 0 saturated carbocycles. The molecule has 1 heterocycles. The van der Waals surface area contributed by atoms with Gasteiger partial charge in [0.2, 0.25) is 0 Å². The van der Waals surface area contributed by atoms with Crippen molar-refractivity contribution in [2.45, 2.75) is 40.3 Å². The average Bonchev–Trinajstić information content (AvgIpc) is 3.08. The first-order chi connectivity index (χ1) is 16.2. The summed E-state index contributed by atoms with van der Waals surface area (Å²) in [5, 5.41) is 7.85. The third-order valence-corrected chi connectivity index (χ3v) is 5.71. The molecule has 0 saturated heterocycles. The number of ether oxygens (including phenoxy) is 1. The Bertz CT molecular complexity index is 1230.